The maximum absolute atomic E-state index is 12.2. The van der Waals surface area contributed by atoms with E-state index in [9.17, 15) is 13.2 Å². The van der Waals surface area contributed by atoms with E-state index in [2.05, 4.69) is 21.2 Å². The smallest absolute Gasteiger partial charge is 0.245 e. The topological polar surface area (TPSA) is 66.5 Å². The molecule has 8 heteroatoms. The highest BCUT2D eigenvalue weighted by atomic mass is 79.9. The van der Waals surface area contributed by atoms with Crippen molar-refractivity contribution in [2.24, 2.45) is 0 Å². The van der Waals surface area contributed by atoms with Gasteiger partial charge in [0.05, 0.1) is 17.6 Å². The molecule has 2 rings (SSSR count). The number of carbonyl (C=O) groups excluding carboxylic acids is 1. The van der Waals surface area contributed by atoms with Crippen LogP contribution in [0.4, 0.5) is 11.4 Å². The zero-order chi connectivity index (χ0) is 17.0. The minimum Gasteiger partial charge on any atom is -0.323 e. The standard InChI is InChI=1S/C15H14BrClN2O3S/c1-23(21,22)19(12-8-6-11(17)7-9-12)10-15(20)18-14-5-3-2-4-13(14)16/h2-9H,10H2,1H3,(H,18,20). The van der Waals surface area contributed by atoms with Crippen molar-refractivity contribution in [3.8, 4) is 0 Å². The number of carbonyl (C=O) groups is 1. The Morgan fingerprint density at radius 2 is 1.78 bits per heavy atom. The number of sulfonamides is 1. The summed E-state index contributed by atoms with van der Waals surface area (Å²) in [5, 5.41) is 3.16. The summed E-state index contributed by atoms with van der Waals surface area (Å²) >= 11 is 9.13. The second kappa shape index (κ2) is 7.33. The van der Waals surface area contributed by atoms with Crippen LogP contribution in [0.2, 0.25) is 5.02 Å². The van der Waals surface area contributed by atoms with Crippen LogP contribution in [0.25, 0.3) is 0 Å². The van der Waals surface area contributed by atoms with E-state index in [1.54, 1.807) is 42.5 Å². The van der Waals surface area contributed by atoms with Crippen LogP contribution in [0.15, 0.2) is 53.0 Å². The Kier molecular flexibility index (Phi) is 5.67. The van der Waals surface area contributed by atoms with Crippen molar-refractivity contribution in [3.63, 3.8) is 0 Å². The highest BCUT2D eigenvalue weighted by Crippen LogP contribution is 2.23. The molecular formula is C15H14BrClN2O3S. The van der Waals surface area contributed by atoms with E-state index >= 15 is 0 Å². The molecule has 0 unspecified atom stereocenters. The lowest BCUT2D eigenvalue weighted by Crippen LogP contribution is -2.37. The maximum atomic E-state index is 12.2. The fraction of sp³-hybridized carbons (Fsp3) is 0.133. The number of anilines is 2. The lowest BCUT2D eigenvalue weighted by molar-refractivity contribution is -0.114. The third-order valence-corrected chi connectivity index (χ3v) is 5.03. The molecule has 0 aliphatic carbocycles. The van der Waals surface area contributed by atoms with Crippen LogP contribution in [0, 0.1) is 0 Å². The monoisotopic (exact) mass is 416 g/mol. The van der Waals surface area contributed by atoms with Crippen molar-refractivity contribution in [2.75, 3.05) is 22.4 Å². The Bertz CT molecular complexity index is 810. The Morgan fingerprint density at radius 1 is 1.17 bits per heavy atom. The third-order valence-electron chi connectivity index (χ3n) is 2.95. The van der Waals surface area contributed by atoms with Gasteiger partial charge >= 0.3 is 0 Å². The summed E-state index contributed by atoms with van der Waals surface area (Å²) in [4.78, 5) is 12.2. The fourth-order valence-corrected chi connectivity index (χ4v) is 3.26. The van der Waals surface area contributed by atoms with Gasteiger partial charge in [-0.1, -0.05) is 23.7 Å². The van der Waals surface area contributed by atoms with Gasteiger partial charge in [0.1, 0.15) is 6.54 Å². The molecule has 122 valence electrons. The minimum atomic E-state index is -3.61. The molecule has 0 atom stereocenters. The molecule has 0 saturated heterocycles. The average molecular weight is 418 g/mol. The van der Waals surface area contributed by atoms with E-state index in [1.807, 2.05) is 6.07 Å². The largest absolute Gasteiger partial charge is 0.323 e. The van der Waals surface area contributed by atoms with Crippen molar-refractivity contribution in [1.82, 2.24) is 0 Å². The zero-order valence-electron chi connectivity index (χ0n) is 12.2. The summed E-state index contributed by atoms with van der Waals surface area (Å²) in [7, 11) is -3.61. The Balaban J connectivity index is 2.20. The number of amides is 1. The van der Waals surface area contributed by atoms with Gasteiger partial charge in [0.25, 0.3) is 0 Å². The van der Waals surface area contributed by atoms with Crippen molar-refractivity contribution < 1.29 is 13.2 Å². The lowest BCUT2D eigenvalue weighted by atomic mass is 10.3. The first-order valence-electron chi connectivity index (χ1n) is 6.55. The second-order valence-electron chi connectivity index (χ2n) is 4.77. The van der Waals surface area contributed by atoms with E-state index in [0.717, 1.165) is 10.6 Å². The van der Waals surface area contributed by atoms with Gasteiger partial charge in [0.2, 0.25) is 15.9 Å². The van der Waals surface area contributed by atoms with Gasteiger partial charge in [-0.05, 0) is 52.3 Å². The third kappa shape index (κ3) is 4.95. The number of hydrogen-bond donors (Lipinski definition) is 1. The van der Waals surface area contributed by atoms with Gasteiger partial charge in [0.15, 0.2) is 0 Å². The van der Waals surface area contributed by atoms with Crippen LogP contribution in [-0.4, -0.2) is 27.1 Å². The average Bonchev–Trinajstić information content (AvgIpc) is 2.47. The van der Waals surface area contributed by atoms with E-state index in [0.29, 0.717) is 20.9 Å². The van der Waals surface area contributed by atoms with Gasteiger partial charge in [-0.25, -0.2) is 8.42 Å². The predicted molar refractivity (Wildman–Crippen MR) is 96.4 cm³/mol. The zero-order valence-corrected chi connectivity index (χ0v) is 15.3. The summed E-state index contributed by atoms with van der Waals surface area (Å²) in [5.74, 6) is -0.447. The van der Waals surface area contributed by atoms with E-state index < -0.39 is 15.9 Å². The molecule has 0 saturated carbocycles. The number of hydrogen-bond acceptors (Lipinski definition) is 3. The molecule has 0 aromatic heterocycles. The lowest BCUT2D eigenvalue weighted by Gasteiger charge is -2.22. The summed E-state index contributed by atoms with van der Waals surface area (Å²) in [6.45, 7) is -0.332. The van der Waals surface area contributed by atoms with E-state index in [1.165, 1.54) is 0 Å². The van der Waals surface area contributed by atoms with Crippen molar-refractivity contribution in [1.29, 1.82) is 0 Å². The predicted octanol–water partition coefficient (Wildman–Crippen LogP) is 3.51. The highest BCUT2D eigenvalue weighted by molar-refractivity contribution is 9.10. The summed E-state index contributed by atoms with van der Waals surface area (Å²) in [6, 6.07) is 13.3. The van der Waals surface area contributed by atoms with Crippen molar-refractivity contribution in [2.45, 2.75) is 0 Å². The molecule has 0 heterocycles. The number of benzene rings is 2. The van der Waals surface area contributed by atoms with Gasteiger partial charge < -0.3 is 5.32 Å². The number of halogens is 2. The first kappa shape index (κ1) is 17.8. The van der Waals surface area contributed by atoms with Crippen LogP contribution >= 0.6 is 27.5 Å². The molecule has 2 aromatic carbocycles. The molecule has 23 heavy (non-hydrogen) atoms. The minimum absolute atomic E-state index is 0.332. The molecule has 0 aliphatic heterocycles. The van der Waals surface area contributed by atoms with Crippen LogP contribution in [-0.2, 0) is 14.8 Å². The first-order chi connectivity index (χ1) is 10.8. The summed E-state index contributed by atoms with van der Waals surface area (Å²) in [5.41, 5.74) is 0.946. The van der Waals surface area contributed by atoms with Crippen molar-refractivity contribution >= 4 is 54.8 Å². The van der Waals surface area contributed by atoms with Gasteiger partial charge in [-0.2, -0.15) is 0 Å². The maximum Gasteiger partial charge on any atom is 0.245 e. The number of rotatable bonds is 5. The molecular weight excluding hydrogens is 404 g/mol. The quantitative estimate of drug-likeness (QED) is 0.809. The molecule has 0 radical (unpaired) electrons. The SMILES string of the molecule is CS(=O)(=O)N(CC(=O)Nc1ccccc1Br)c1ccc(Cl)cc1. The molecule has 2 aromatic rings. The van der Waals surface area contributed by atoms with E-state index in [4.69, 9.17) is 11.6 Å². The van der Waals surface area contributed by atoms with Gasteiger partial charge in [-0.15, -0.1) is 0 Å². The van der Waals surface area contributed by atoms with Crippen LogP contribution in [0.5, 0.6) is 0 Å². The molecule has 1 amide bonds. The summed E-state index contributed by atoms with van der Waals surface area (Å²) in [6.07, 6.45) is 1.05. The Labute approximate surface area is 148 Å². The number of para-hydroxylation sites is 1. The van der Waals surface area contributed by atoms with Crippen LogP contribution in [0.3, 0.4) is 0 Å². The summed E-state index contributed by atoms with van der Waals surface area (Å²) < 4.78 is 25.7. The fourth-order valence-electron chi connectivity index (χ4n) is 1.89. The second-order valence-corrected chi connectivity index (χ2v) is 7.97. The molecule has 5 nitrogen and oxygen atoms in total. The van der Waals surface area contributed by atoms with Gasteiger partial charge in [0, 0.05) is 9.50 Å². The van der Waals surface area contributed by atoms with Crippen LogP contribution in [0.1, 0.15) is 0 Å². The molecule has 0 aliphatic rings. The number of nitrogens with one attached hydrogen (secondary N) is 1. The highest BCUT2D eigenvalue weighted by Gasteiger charge is 2.21. The first-order valence-corrected chi connectivity index (χ1v) is 9.57. The molecule has 0 bridgehead atoms. The Hall–Kier alpha value is -1.57. The van der Waals surface area contributed by atoms with E-state index in [-0.39, 0.29) is 6.54 Å². The molecule has 1 N–H and O–H groups in total. The van der Waals surface area contributed by atoms with Crippen molar-refractivity contribution in [3.05, 3.63) is 58.0 Å². The molecule has 0 spiro atoms. The normalized spacial score (nSPS) is 11.1. The Morgan fingerprint density at radius 3 is 2.35 bits per heavy atom. The molecule has 0 fully saturated rings. The van der Waals surface area contributed by atoms with Crippen LogP contribution < -0.4 is 9.62 Å². The number of nitrogens with zero attached hydrogens (tertiary/aromatic N) is 1. The van der Waals surface area contributed by atoms with Gasteiger partial charge in [-0.3, -0.25) is 9.10 Å².